The van der Waals surface area contributed by atoms with Crippen LogP contribution in [0.25, 0.3) is 0 Å². The lowest BCUT2D eigenvalue weighted by atomic mass is 10.1. The Morgan fingerprint density at radius 3 is 2.48 bits per heavy atom. The molecule has 1 heterocycles. The minimum Gasteiger partial charge on any atom is -0.497 e. The molecular formula is C21H32N2O5S. The van der Waals surface area contributed by atoms with Gasteiger partial charge < -0.3 is 19.5 Å². The molecule has 1 fully saturated rings. The van der Waals surface area contributed by atoms with Crippen molar-refractivity contribution in [1.82, 2.24) is 4.90 Å². The van der Waals surface area contributed by atoms with Gasteiger partial charge in [-0.3, -0.25) is 4.90 Å². The molecule has 1 aliphatic heterocycles. The van der Waals surface area contributed by atoms with Crippen molar-refractivity contribution in [3.05, 3.63) is 18.2 Å². The maximum absolute atomic E-state index is 13.2. The minimum atomic E-state index is -0.605. The first-order valence-electron chi connectivity index (χ1n) is 9.86. The molecule has 0 aliphatic carbocycles. The highest BCUT2D eigenvalue weighted by atomic mass is 32.2. The molecule has 2 amide bonds. The summed E-state index contributed by atoms with van der Waals surface area (Å²) in [6, 6.07) is 4.23. The minimum absolute atomic E-state index is 0.0872. The van der Waals surface area contributed by atoms with Crippen LogP contribution >= 0.6 is 11.8 Å². The van der Waals surface area contributed by atoms with Crippen LogP contribution in [0.15, 0.2) is 18.2 Å². The summed E-state index contributed by atoms with van der Waals surface area (Å²) in [7, 11) is 3.10. The summed E-state index contributed by atoms with van der Waals surface area (Å²) in [4.78, 5) is 27.5. The van der Waals surface area contributed by atoms with Gasteiger partial charge in [-0.2, -0.15) is 0 Å². The molecule has 0 aromatic heterocycles. The highest BCUT2D eigenvalue weighted by Crippen LogP contribution is 2.36. The second-order valence-corrected chi connectivity index (χ2v) is 9.07. The fourth-order valence-electron chi connectivity index (χ4n) is 3.03. The van der Waals surface area contributed by atoms with E-state index in [2.05, 4.69) is 19.2 Å². The van der Waals surface area contributed by atoms with Crippen molar-refractivity contribution in [1.29, 1.82) is 0 Å². The highest BCUT2D eigenvalue weighted by molar-refractivity contribution is 8.00. The van der Waals surface area contributed by atoms with Crippen molar-refractivity contribution < 1.29 is 23.8 Å². The average molecular weight is 425 g/mol. The number of carbonyl (C=O) groups excluding carboxylic acids is 2. The molecule has 162 valence electrons. The van der Waals surface area contributed by atoms with E-state index in [4.69, 9.17) is 14.2 Å². The van der Waals surface area contributed by atoms with E-state index < -0.39 is 6.04 Å². The molecule has 0 bridgehead atoms. The third kappa shape index (κ3) is 6.19. The number of rotatable bonds is 8. The summed E-state index contributed by atoms with van der Waals surface area (Å²) in [5, 5.41) is 2.81. The van der Waals surface area contributed by atoms with Crippen LogP contribution in [0.2, 0.25) is 0 Å². The van der Waals surface area contributed by atoms with Crippen LogP contribution in [-0.4, -0.2) is 54.9 Å². The second kappa shape index (κ2) is 10.6. The van der Waals surface area contributed by atoms with Gasteiger partial charge >= 0.3 is 12.0 Å². The van der Waals surface area contributed by atoms with E-state index in [9.17, 15) is 9.59 Å². The van der Waals surface area contributed by atoms with Gasteiger partial charge in [0.2, 0.25) is 0 Å². The molecule has 8 heteroatoms. The molecule has 0 spiro atoms. The van der Waals surface area contributed by atoms with E-state index in [1.165, 1.54) is 7.11 Å². The summed E-state index contributed by atoms with van der Waals surface area (Å²) < 4.78 is 16.0. The molecule has 1 aromatic carbocycles. The lowest BCUT2D eigenvalue weighted by Crippen LogP contribution is -2.48. The van der Waals surface area contributed by atoms with E-state index in [0.717, 1.165) is 6.42 Å². The topological polar surface area (TPSA) is 77.1 Å². The Morgan fingerprint density at radius 1 is 1.17 bits per heavy atom. The molecule has 7 nitrogen and oxygen atoms in total. The van der Waals surface area contributed by atoms with Crippen molar-refractivity contribution in [2.75, 3.05) is 31.9 Å². The number of methoxy groups -OCH3 is 2. The third-order valence-electron chi connectivity index (χ3n) is 4.48. The molecule has 1 N–H and O–H groups in total. The van der Waals surface area contributed by atoms with Gasteiger partial charge in [0.25, 0.3) is 0 Å². The van der Waals surface area contributed by atoms with Gasteiger partial charge in [-0.05, 0) is 30.4 Å². The summed E-state index contributed by atoms with van der Waals surface area (Å²) in [5.74, 6) is 1.93. The summed E-state index contributed by atoms with van der Waals surface area (Å²) >= 11 is 1.62. The molecule has 2 atom stereocenters. The number of nitrogens with one attached hydrogen (secondary N) is 1. The van der Waals surface area contributed by atoms with E-state index >= 15 is 0 Å². The van der Waals surface area contributed by atoms with Gasteiger partial charge in [0.05, 0.1) is 31.9 Å². The number of thioether (sulfide) groups is 1. The number of ether oxygens (including phenoxy) is 3. The Morgan fingerprint density at radius 2 is 1.90 bits per heavy atom. The average Bonchev–Trinajstić information content (AvgIpc) is 3.09. The number of nitrogens with zero attached hydrogens (tertiary/aromatic N) is 1. The first-order chi connectivity index (χ1) is 13.8. The van der Waals surface area contributed by atoms with Gasteiger partial charge in [0, 0.05) is 11.8 Å². The lowest BCUT2D eigenvalue weighted by Gasteiger charge is -2.29. The van der Waals surface area contributed by atoms with E-state index in [-0.39, 0.29) is 23.3 Å². The second-order valence-electron chi connectivity index (χ2n) is 7.86. The smallest absolute Gasteiger partial charge is 0.329 e. The first-order valence-corrected chi connectivity index (χ1v) is 10.9. The fraction of sp³-hybridized carbons (Fsp3) is 0.619. The molecule has 1 aromatic rings. The predicted octanol–water partition coefficient (Wildman–Crippen LogP) is 4.22. The maximum atomic E-state index is 13.2. The Hall–Kier alpha value is -2.09. The molecule has 0 saturated carbocycles. The van der Waals surface area contributed by atoms with Gasteiger partial charge in [-0.1, -0.05) is 27.7 Å². The van der Waals surface area contributed by atoms with Crippen LogP contribution < -0.4 is 14.8 Å². The van der Waals surface area contributed by atoms with E-state index in [1.807, 2.05) is 13.8 Å². The van der Waals surface area contributed by atoms with E-state index in [1.54, 1.807) is 42.0 Å². The largest absolute Gasteiger partial charge is 0.497 e. The van der Waals surface area contributed by atoms with Gasteiger partial charge in [0.15, 0.2) is 0 Å². The van der Waals surface area contributed by atoms with E-state index in [0.29, 0.717) is 35.5 Å². The third-order valence-corrected chi connectivity index (χ3v) is 5.79. The van der Waals surface area contributed by atoms with Crippen LogP contribution in [0.5, 0.6) is 11.5 Å². The summed E-state index contributed by atoms with van der Waals surface area (Å²) in [5.41, 5.74) is 0.521. The van der Waals surface area contributed by atoms with Crippen LogP contribution in [0.4, 0.5) is 10.5 Å². The SMILES string of the molecule is COc1ccc(NC(=O)N2C(CC(C)C)SCC2C(=O)OCC(C)C)c(OC)c1. The van der Waals surface area contributed by atoms with Crippen molar-refractivity contribution in [2.24, 2.45) is 11.8 Å². The molecule has 2 unspecified atom stereocenters. The zero-order valence-electron chi connectivity index (χ0n) is 18.1. The number of esters is 1. The van der Waals surface area contributed by atoms with Gasteiger partial charge in [0.1, 0.15) is 17.5 Å². The van der Waals surface area contributed by atoms with Crippen molar-refractivity contribution >= 4 is 29.4 Å². The zero-order valence-corrected chi connectivity index (χ0v) is 18.9. The molecule has 1 aliphatic rings. The Labute approximate surface area is 177 Å². The van der Waals surface area contributed by atoms with Crippen LogP contribution in [0.1, 0.15) is 34.1 Å². The Kier molecular flexibility index (Phi) is 8.49. The van der Waals surface area contributed by atoms with Crippen LogP contribution in [-0.2, 0) is 9.53 Å². The molecule has 29 heavy (non-hydrogen) atoms. The van der Waals surface area contributed by atoms with Gasteiger partial charge in [-0.15, -0.1) is 11.8 Å². The number of benzene rings is 1. The number of urea groups is 1. The zero-order chi connectivity index (χ0) is 21.6. The maximum Gasteiger partial charge on any atom is 0.329 e. The van der Waals surface area contributed by atoms with Crippen molar-refractivity contribution in [3.8, 4) is 11.5 Å². The lowest BCUT2D eigenvalue weighted by molar-refractivity contribution is -0.149. The molecule has 2 rings (SSSR count). The standard InChI is InChI=1S/C21H32N2O5S/c1-13(2)9-19-23(17(12-29-19)20(24)28-11-14(3)4)21(25)22-16-8-7-15(26-5)10-18(16)27-6/h7-8,10,13-14,17,19H,9,11-12H2,1-6H3,(H,22,25). The molecule has 0 radical (unpaired) electrons. The molecular weight excluding hydrogens is 392 g/mol. The fourth-order valence-corrected chi connectivity index (χ4v) is 4.65. The number of carbonyl (C=O) groups is 2. The van der Waals surface area contributed by atoms with Gasteiger partial charge in [-0.25, -0.2) is 9.59 Å². The van der Waals surface area contributed by atoms with Crippen LogP contribution in [0.3, 0.4) is 0 Å². The number of amides is 2. The predicted molar refractivity (Wildman–Crippen MR) is 116 cm³/mol. The summed E-state index contributed by atoms with van der Waals surface area (Å²) in [6.07, 6.45) is 0.797. The quantitative estimate of drug-likeness (QED) is 0.630. The van der Waals surface area contributed by atoms with Crippen molar-refractivity contribution in [3.63, 3.8) is 0 Å². The highest BCUT2D eigenvalue weighted by Gasteiger charge is 2.42. The molecule has 1 saturated heterocycles. The number of hydrogen-bond donors (Lipinski definition) is 1. The Balaban J connectivity index is 2.21. The normalized spacial score (nSPS) is 18.8. The van der Waals surface area contributed by atoms with Crippen LogP contribution in [0, 0.1) is 11.8 Å². The Bertz CT molecular complexity index is 710. The monoisotopic (exact) mass is 424 g/mol. The van der Waals surface area contributed by atoms with Crippen molar-refractivity contribution in [2.45, 2.75) is 45.5 Å². The number of hydrogen-bond acceptors (Lipinski definition) is 6. The summed E-state index contributed by atoms with van der Waals surface area (Å²) in [6.45, 7) is 8.52. The number of anilines is 1. The first kappa shape index (κ1) is 23.2.